The fourth-order valence-electron chi connectivity index (χ4n) is 11.2. The third-order valence-corrected chi connectivity index (χ3v) is 16.3. The van der Waals surface area contributed by atoms with Gasteiger partial charge in [0.05, 0.1) is 0 Å². The van der Waals surface area contributed by atoms with E-state index in [0.717, 1.165) is 38.5 Å². The van der Waals surface area contributed by atoms with Gasteiger partial charge in [-0.05, 0) is 116 Å². The van der Waals surface area contributed by atoms with Crippen molar-refractivity contribution in [2.45, 2.75) is 348 Å². The Morgan fingerprint density at radius 1 is 0.253 bits per heavy atom. The second-order valence-electron chi connectivity index (χ2n) is 23.6. The monoisotopic (exact) mass is 1050 g/mol. The van der Waals surface area contributed by atoms with Gasteiger partial charge in [0.1, 0.15) is 0 Å². The molecule has 3 amide bonds. The van der Waals surface area contributed by atoms with E-state index in [2.05, 4.69) is 73.2 Å². The summed E-state index contributed by atoms with van der Waals surface area (Å²) in [5.74, 6) is -0.803. The predicted molar refractivity (Wildman–Crippen MR) is 329 cm³/mol. The zero-order valence-corrected chi connectivity index (χ0v) is 50.6. The van der Waals surface area contributed by atoms with Crippen molar-refractivity contribution in [2.24, 2.45) is 17.8 Å². The molecule has 3 N–H and O–H groups in total. The summed E-state index contributed by atoms with van der Waals surface area (Å²) in [6.45, 7) is 8.89. The van der Waals surface area contributed by atoms with Gasteiger partial charge in [0.25, 0.3) is 0 Å². The maximum absolute atomic E-state index is 13.6. The lowest BCUT2D eigenvalue weighted by Gasteiger charge is -2.33. The number of rotatable bonds is 57. The van der Waals surface area contributed by atoms with Crippen LogP contribution in [0.15, 0.2) is 36.5 Å². The highest BCUT2D eigenvalue weighted by atomic mass is 16.2. The number of carbonyl (C=O) groups excluding carboxylic acids is 3. The second-order valence-corrected chi connectivity index (χ2v) is 23.6. The molecule has 75 heavy (non-hydrogen) atoms. The normalized spacial score (nSPS) is 16.0. The molecule has 0 bridgehead atoms. The van der Waals surface area contributed by atoms with Crippen LogP contribution in [-0.2, 0) is 14.4 Å². The Balaban J connectivity index is 2.37. The number of hydrogen-bond donors (Lipinski definition) is 3. The fourth-order valence-corrected chi connectivity index (χ4v) is 11.2. The molecule has 1 aliphatic rings. The first-order valence-electron chi connectivity index (χ1n) is 33.8. The van der Waals surface area contributed by atoms with Crippen LogP contribution in [0.1, 0.15) is 348 Å². The van der Waals surface area contributed by atoms with E-state index in [4.69, 9.17) is 0 Å². The van der Waals surface area contributed by atoms with Crippen molar-refractivity contribution >= 4 is 17.7 Å². The zero-order chi connectivity index (χ0) is 54.0. The molecule has 1 fully saturated rings. The molecule has 438 valence electrons. The Bertz CT molecular complexity index is 1160. The summed E-state index contributed by atoms with van der Waals surface area (Å²) in [4.78, 5) is 40.8. The molecule has 0 saturated heterocycles. The fraction of sp³-hybridized carbons (Fsp3) is 0.870. The summed E-state index contributed by atoms with van der Waals surface area (Å²) in [6.07, 6.45) is 77.9. The molecule has 0 aromatic rings. The minimum atomic E-state index is -0.297. The smallest absolute Gasteiger partial charge is 0.223 e. The topological polar surface area (TPSA) is 87.3 Å². The Morgan fingerprint density at radius 2 is 0.413 bits per heavy atom. The second kappa shape index (κ2) is 57.8. The average Bonchev–Trinajstić information content (AvgIpc) is 3.42. The summed E-state index contributed by atoms with van der Waals surface area (Å²) in [7, 11) is 0. The van der Waals surface area contributed by atoms with Crippen LogP contribution in [-0.4, -0.2) is 37.4 Å². The van der Waals surface area contributed by atoms with E-state index in [1.54, 1.807) is 0 Å². The molecule has 0 radical (unpaired) electrons. The highest BCUT2D eigenvalue weighted by molar-refractivity contribution is 5.86. The van der Waals surface area contributed by atoms with Gasteiger partial charge in [0.15, 0.2) is 0 Å². The van der Waals surface area contributed by atoms with E-state index < -0.39 is 0 Å². The van der Waals surface area contributed by atoms with Gasteiger partial charge in [0.2, 0.25) is 17.7 Å². The molecule has 0 unspecified atom stereocenters. The van der Waals surface area contributed by atoms with Crippen LogP contribution in [0.3, 0.4) is 0 Å². The third kappa shape index (κ3) is 48.5. The van der Waals surface area contributed by atoms with Gasteiger partial charge in [-0.25, -0.2) is 0 Å². The first-order chi connectivity index (χ1) is 37.0. The Labute approximate surface area is 468 Å². The zero-order valence-electron chi connectivity index (χ0n) is 50.6. The summed E-state index contributed by atoms with van der Waals surface area (Å²) in [6, 6.07) is 0. The molecule has 0 heterocycles. The van der Waals surface area contributed by atoms with Crippen molar-refractivity contribution in [3.8, 4) is 0 Å². The van der Waals surface area contributed by atoms with Gasteiger partial charge in [-0.1, -0.05) is 269 Å². The molecule has 0 aromatic carbocycles. The summed E-state index contributed by atoms with van der Waals surface area (Å²) in [5, 5.41) is 9.66. The number of allylic oxidation sites excluding steroid dienone is 6. The van der Waals surface area contributed by atoms with E-state index in [1.807, 2.05) is 0 Å². The SMILES string of the molecule is CCCCCCCCCCC=CCCCCCCCCNC(=O)C1CC(C(=O)NCCCCCCCCC=CCCCCCCCCCC)CC(C(=O)NCCCCCCCCC=CCCCCCCCCCC)C1. The predicted octanol–water partition coefficient (Wildman–Crippen LogP) is 20.8. The van der Waals surface area contributed by atoms with Crippen LogP contribution in [0, 0.1) is 17.8 Å². The first kappa shape index (κ1) is 70.6. The van der Waals surface area contributed by atoms with E-state index in [1.165, 1.54) is 270 Å². The quantitative estimate of drug-likeness (QED) is 0.0419. The van der Waals surface area contributed by atoms with Gasteiger partial charge in [-0.15, -0.1) is 0 Å². The van der Waals surface area contributed by atoms with Crippen LogP contribution in [0.4, 0.5) is 0 Å². The van der Waals surface area contributed by atoms with Gasteiger partial charge in [0, 0.05) is 37.4 Å². The standard InChI is InChI=1S/C69H129N3O3/c1-4-7-10-13-16-19-22-25-28-31-34-37-40-43-46-49-52-55-58-70-67(73)64-61-65(68(74)71-59-56-53-50-47-44-41-38-35-32-29-26-23-20-17-14-11-8-5-2)63-66(62-64)69(75)72-60-57-54-51-48-45-42-39-36-33-30-27-24-21-18-15-12-9-6-3/h31-36,64-66H,4-30,37-63H2,1-3H3,(H,70,73)(H,71,74)(H,72,75). The minimum absolute atomic E-state index is 0.0297. The first-order valence-corrected chi connectivity index (χ1v) is 33.8. The van der Waals surface area contributed by atoms with Crippen LogP contribution in [0.5, 0.6) is 0 Å². The van der Waals surface area contributed by atoms with Gasteiger partial charge in [-0.3, -0.25) is 14.4 Å². The number of carbonyl (C=O) groups is 3. The van der Waals surface area contributed by atoms with Crippen molar-refractivity contribution in [1.29, 1.82) is 0 Å². The van der Waals surface area contributed by atoms with Crippen molar-refractivity contribution < 1.29 is 14.4 Å². The van der Waals surface area contributed by atoms with Crippen molar-refractivity contribution in [3.63, 3.8) is 0 Å². The van der Waals surface area contributed by atoms with E-state index in [9.17, 15) is 14.4 Å². The average molecular weight is 1050 g/mol. The molecule has 0 spiro atoms. The minimum Gasteiger partial charge on any atom is -0.356 e. The van der Waals surface area contributed by atoms with E-state index in [-0.39, 0.29) is 35.5 Å². The molecule has 1 rings (SSSR count). The van der Waals surface area contributed by atoms with Crippen LogP contribution in [0.2, 0.25) is 0 Å². The van der Waals surface area contributed by atoms with Gasteiger partial charge in [-0.2, -0.15) is 0 Å². The lowest BCUT2D eigenvalue weighted by atomic mass is 9.74. The van der Waals surface area contributed by atoms with Crippen molar-refractivity contribution in [2.75, 3.05) is 19.6 Å². The molecule has 0 aromatic heterocycles. The Morgan fingerprint density at radius 3 is 0.600 bits per heavy atom. The van der Waals surface area contributed by atoms with Crippen LogP contribution < -0.4 is 16.0 Å². The lowest BCUT2D eigenvalue weighted by Crippen LogP contribution is -2.45. The third-order valence-electron chi connectivity index (χ3n) is 16.3. The largest absolute Gasteiger partial charge is 0.356 e. The number of amides is 3. The molecular weight excluding hydrogens is 919 g/mol. The van der Waals surface area contributed by atoms with Gasteiger partial charge >= 0.3 is 0 Å². The van der Waals surface area contributed by atoms with Gasteiger partial charge < -0.3 is 16.0 Å². The highest BCUT2D eigenvalue weighted by Gasteiger charge is 2.38. The van der Waals surface area contributed by atoms with E-state index >= 15 is 0 Å². The van der Waals surface area contributed by atoms with Crippen molar-refractivity contribution in [1.82, 2.24) is 16.0 Å². The van der Waals surface area contributed by atoms with E-state index in [0.29, 0.717) is 38.9 Å². The maximum Gasteiger partial charge on any atom is 0.223 e. The summed E-state index contributed by atoms with van der Waals surface area (Å²) < 4.78 is 0. The molecule has 6 heteroatoms. The molecule has 0 atom stereocenters. The van der Waals surface area contributed by atoms with Crippen LogP contribution >= 0.6 is 0 Å². The highest BCUT2D eigenvalue weighted by Crippen LogP contribution is 2.34. The number of unbranched alkanes of at least 4 members (excludes halogenated alkanes) is 42. The summed E-state index contributed by atoms with van der Waals surface area (Å²) in [5.41, 5.74) is 0. The lowest BCUT2D eigenvalue weighted by molar-refractivity contribution is -0.134. The maximum atomic E-state index is 13.6. The Kier molecular flexibility index (Phi) is 54.4. The Hall–Kier alpha value is -2.37. The molecule has 0 aliphatic heterocycles. The summed E-state index contributed by atoms with van der Waals surface area (Å²) >= 11 is 0. The molecule has 6 nitrogen and oxygen atoms in total. The molecule has 1 aliphatic carbocycles. The molecule has 1 saturated carbocycles. The van der Waals surface area contributed by atoms with Crippen molar-refractivity contribution in [3.05, 3.63) is 36.5 Å². The number of hydrogen-bond acceptors (Lipinski definition) is 3. The van der Waals surface area contributed by atoms with Crippen LogP contribution in [0.25, 0.3) is 0 Å². The molecular formula is C69H129N3O3. The number of nitrogens with one attached hydrogen (secondary N) is 3.